The molecule has 0 unspecified atom stereocenters. The van der Waals surface area contributed by atoms with E-state index in [9.17, 15) is 8.42 Å². The molecule has 2 nitrogen and oxygen atoms in total. The Morgan fingerprint density at radius 3 is 2.30 bits per heavy atom. The highest BCUT2D eigenvalue weighted by atomic mass is 32.2. The number of benzene rings is 3. The Hall–Kier alpha value is -2.13. The molecule has 0 bridgehead atoms. The molecular weight excluding hydrogens is 268 g/mol. The molecule has 0 fully saturated rings. The lowest BCUT2D eigenvalue weighted by Gasteiger charge is -2.12. The van der Waals surface area contributed by atoms with Crippen molar-refractivity contribution < 1.29 is 9.79 Å². The van der Waals surface area contributed by atoms with E-state index in [0.29, 0.717) is 5.56 Å². The Balaban J connectivity index is 2.45. The maximum atomic E-state index is 12.3. The first-order valence-corrected chi connectivity index (χ1v) is 7.88. The summed E-state index contributed by atoms with van der Waals surface area (Å²) in [5.74, 6) is 0. The molecule has 0 N–H and O–H groups in total. The summed E-state index contributed by atoms with van der Waals surface area (Å²) in [7, 11) is -3.60. The monoisotopic (exact) mass is 283 g/mol. The third kappa shape index (κ3) is 2.21. The summed E-state index contributed by atoms with van der Waals surface area (Å²) >= 11 is 0. The fourth-order valence-corrected chi connectivity index (χ4v) is 3.23. The molecule has 0 aromatic heterocycles. The average Bonchev–Trinajstić information content (AvgIpc) is 2.54. The van der Waals surface area contributed by atoms with Crippen molar-refractivity contribution in [2.75, 3.05) is 6.23 Å². The van der Waals surface area contributed by atoms with Gasteiger partial charge in [0.15, 0.2) is 9.84 Å². The molecule has 0 aliphatic heterocycles. The van der Waals surface area contributed by atoms with E-state index in [1.165, 1.54) is 0 Å². The minimum Gasteiger partial charge on any atom is -0.224 e. The maximum Gasteiger partial charge on any atom is 0.176 e. The third-order valence-corrected chi connectivity index (χ3v) is 4.30. The Bertz CT molecular complexity index is 887. The van der Waals surface area contributed by atoms with Crippen molar-refractivity contribution >= 4 is 20.6 Å². The fraction of sp³-hybridized carbons (Fsp3) is 0.0588. The molecule has 3 aromatic carbocycles. The van der Waals surface area contributed by atoms with Crippen molar-refractivity contribution in [2.45, 2.75) is 4.90 Å². The van der Waals surface area contributed by atoms with Crippen molar-refractivity contribution in [3.8, 4) is 11.1 Å². The van der Waals surface area contributed by atoms with Crippen molar-refractivity contribution in [1.82, 2.24) is 0 Å². The van der Waals surface area contributed by atoms with Gasteiger partial charge in [0.05, 0.1) is 4.90 Å². The Morgan fingerprint density at radius 1 is 0.850 bits per heavy atom. The number of hydrogen-bond acceptors (Lipinski definition) is 2. The van der Waals surface area contributed by atoms with Crippen LogP contribution in [0.5, 0.6) is 0 Å². The lowest BCUT2D eigenvalue weighted by atomic mass is 9.98. The van der Waals surface area contributed by atoms with Gasteiger partial charge in [-0.25, -0.2) is 8.42 Å². The molecule has 0 radical (unpaired) electrons. The van der Waals surface area contributed by atoms with Crippen LogP contribution < -0.4 is 0 Å². The molecule has 3 rings (SSSR count). The zero-order valence-electron chi connectivity index (χ0n) is 11.8. The summed E-state index contributed by atoms with van der Waals surface area (Å²) in [5, 5.41) is 1.87. The molecule has 0 atom stereocenters. The summed E-state index contributed by atoms with van der Waals surface area (Å²) in [6.07, 6.45) is -0.648. The SMILES string of the molecule is [2H]CS(=O)(=O)c1ccc2ccccc2c1-c1ccccc1. The second-order valence-electron chi connectivity index (χ2n) is 4.64. The molecule has 0 aliphatic rings. The van der Waals surface area contributed by atoms with Crippen LogP contribution in [-0.2, 0) is 9.84 Å². The minimum atomic E-state index is -3.60. The predicted molar refractivity (Wildman–Crippen MR) is 82.5 cm³/mol. The van der Waals surface area contributed by atoms with Gasteiger partial charge in [0.1, 0.15) is 0 Å². The van der Waals surface area contributed by atoms with Gasteiger partial charge in [0.2, 0.25) is 0 Å². The summed E-state index contributed by atoms with van der Waals surface area (Å²) < 4.78 is 31.8. The molecule has 100 valence electrons. The molecule has 0 spiro atoms. The Kier molecular flexibility index (Phi) is 2.78. The van der Waals surface area contributed by atoms with Crippen LogP contribution in [0.2, 0.25) is 0 Å². The second-order valence-corrected chi connectivity index (χ2v) is 6.31. The van der Waals surface area contributed by atoms with Gasteiger partial charge in [-0.2, -0.15) is 0 Å². The van der Waals surface area contributed by atoms with E-state index in [0.717, 1.165) is 16.3 Å². The first kappa shape index (κ1) is 11.7. The number of sulfone groups is 1. The largest absolute Gasteiger partial charge is 0.224 e. The summed E-state index contributed by atoms with van der Waals surface area (Å²) in [4.78, 5) is 0.224. The van der Waals surface area contributed by atoms with Crippen LogP contribution in [-0.4, -0.2) is 14.6 Å². The molecule has 0 saturated heterocycles. The van der Waals surface area contributed by atoms with Crippen LogP contribution in [0.4, 0.5) is 0 Å². The number of hydrogen-bond donors (Lipinski definition) is 0. The van der Waals surface area contributed by atoms with Gasteiger partial charge in [0.25, 0.3) is 0 Å². The van der Waals surface area contributed by atoms with Gasteiger partial charge < -0.3 is 0 Å². The first-order valence-electron chi connectivity index (χ1n) is 6.93. The molecule has 0 aliphatic carbocycles. The van der Waals surface area contributed by atoms with E-state index in [-0.39, 0.29) is 4.90 Å². The van der Waals surface area contributed by atoms with Gasteiger partial charge >= 0.3 is 0 Å². The fourth-order valence-electron chi connectivity index (χ4n) is 2.41. The maximum absolute atomic E-state index is 12.3. The van der Waals surface area contributed by atoms with Gasteiger partial charge in [-0.05, 0) is 22.4 Å². The molecule has 20 heavy (non-hydrogen) atoms. The molecule has 3 aromatic rings. The van der Waals surface area contributed by atoms with E-state index < -0.39 is 16.1 Å². The van der Waals surface area contributed by atoms with E-state index >= 15 is 0 Å². The zero-order chi connectivity index (χ0) is 14.9. The summed E-state index contributed by atoms with van der Waals surface area (Å²) in [6, 6.07) is 20.5. The first-order chi connectivity index (χ1) is 10.1. The third-order valence-electron chi connectivity index (χ3n) is 3.29. The zero-order valence-corrected chi connectivity index (χ0v) is 11.6. The van der Waals surface area contributed by atoms with Gasteiger partial charge in [-0.1, -0.05) is 60.7 Å². The highest BCUT2D eigenvalue weighted by Crippen LogP contribution is 2.34. The smallest absolute Gasteiger partial charge is 0.176 e. The highest BCUT2D eigenvalue weighted by molar-refractivity contribution is 7.90. The Labute approximate surface area is 120 Å². The van der Waals surface area contributed by atoms with Crippen molar-refractivity contribution in [1.29, 1.82) is 0 Å². The second kappa shape index (κ2) is 4.76. The van der Waals surface area contributed by atoms with Crippen LogP contribution in [0.25, 0.3) is 21.9 Å². The van der Waals surface area contributed by atoms with Crippen LogP contribution in [0, 0.1) is 0 Å². The van der Waals surface area contributed by atoms with Gasteiger partial charge in [-0.15, -0.1) is 0 Å². The van der Waals surface area contributed by atoms with Crippen LogP contribution >= 0.6 is 0 Å². The summed E-state index contributed by atoms with van der Waals surface area (Å²) in [5.41, 5.74) is 1.53. The van der Waals surface area contributed by atoms with E-state index in [2.05, 4.69) is 0 Å². The van der Waals surface area contributed by atoms with Crippen molar-refractivity contribution in [2.24, 2.45) is 0 Å². The number of rotatable bonds is 2. The van der Waals surface area contributed by atoms with Crippen molar-refractivity contribution in [3.63, 3.8) is 0 Å². The highest BCUT2D eigenvalue weighted by Gasteiger charge is 2.17. The molecule has 3 heteroatoms. The lowest BCUT2D eigenvalue weighted by molar-refractivity contribution is 0.602. The van der Waals surface area contributed by atoms with E-state index in [1.54, 1.807) is 12.1 Å². The van der Waals surface area contributed by atoms with Crippen molar-refractivity contribution in [3.05, 3.63) is 66.7 Å². The lowest BCUT2D eigenvalue weighted by Crippen LogP contribution is -2.00. The molecule has 0 amide bonds. The predicted octanol–water partition coefficient (Wildman–Crippen LogP) is 3.91. The van der Waals surface area contributed by atoms with E-state index in [1.807, 2.05) is 54.6 Å². The summed E-state index contributed by atoms with van der Waals surface area (Å²) in [6.45, 7) is 0. The molecular formula is C17H14O2S. The van der Waals surface area contributed by atoms with Crippen LogP contribution in [0.1, 0.15) is 1.37 Å². The van der Waals surface area contributed by atoms with E-state index in [4.69, 9.17) is 1.37 Å². The van der Waals surface area contributed by atoms with Crippen LogP contribution in [0.15, 0.2) is 71.6 Å². The quantitative estimate of drug-likeness (QED) is 0.714. The molecule has 0 saturated carbocycles. The van der Waals surface area contributed by atoms with Crippen LogP contribution in [0.3, 0.4) is 0 Å². The van der Waals surface area contributed by atoms with Gasteiger partial charge in [-0.3, -0.25) is 0 Å². The normalized spacial score (nSPS) is 12.3. The number of fused-ring (bicyclic) bond motifs is 1. The molecule has 0 heterocycles. The standard InChI is InChI=1S/C17H14O2S/c1-20(18,19)16-12-11-13-7-5-6-10-15(13)17(16)14-8-3-2-4-9-14/h2-12H,1H3/i1D. The average molecular weight is 283 g/mol. The minimum absolute atomic E-state index is 0.224. The van der Waals surface area contributed by atoms with Gasteiger partial charge in [0, 0.05) is 13.2 Å². The topological polar surface area (TPSA) is 34.1 Å². The Morgan fingerprint density at radius 2 is 1.55 bits per heavy atom.